The second-order valence-corrected chi connectivity index (χ2v) is 4.25. The summed E-state index contributed by atoms with van der Waals surface area (Å²) in [4.78, 5) is 4.38. The van der Waals surface area contributed by atoms with E-state index in [1.165, 1.54) is 0 Å². The largest absolute Gasteiger partial charge is 0.495 e. The molecular formula is C13H15N3O. The van der Waals surface area contributed by atoms with Crippen LogP contribution < -0.4 is 15.4 Å². The number of pyridine rings is 1. The molecule has 1 saturated heterocycles. The standard InChI is InChI=1S/C13H15N3O/c1-17-10-5-11-12(15-8-10)3-2-4-13(11)16-9-6-14-7-9/h2-5,8-9,14,16H,6-7H2,1H3. The van der Waals surface area contributed by atoms with Gasteiger partial charge in [-0.25, -0.2) is 0 Å². The minimum Gasteiger partial charge on any atom is -0.495 e. The number of rotatable bonds is 3. The van der Waals surface area contributed by atoms with Gasteiger partial charge in [0, 0.05) is 24.2 Å². The van der Waals surface area contributed by atoms with Crippen LogP contribution in [0.3, 0.4) is 0 Å². The van der Waals surface area contributed by atoms with E-state index < -0.39 is 0 Å². The molecule has 88 valence electrons. The third-order valence-corrected chi connectivity index (χ3v) is 3.08. The normalized spacial score (nSPS) is 15.6. The van der Waals surface area contributed by atoms with Gasteiger partial charge in [-0.2, -0.15) is 0 Å². The summed E-state index contributed by atoms with van der Waals surface area (Å²) in [6.07, 6.45) is 1.75. The van der Waals surface area contributed by atoms with Crippen molar-refractivity contribution in [2.24, 2.45) is 0 Å². The zero-order chi connectivity index (χ0) is 11.7. The van der Waals surface area contributed by atoms with E-state index in [1.54, 1.807) is 13.3 Å². The van der Waals surface area contributed by atoms with Crippen LogP contribution in [-0.2, 0) is 0 Å². The van der Waals surface area contributed by atoms with Crippen molar-refractivity contribution in [1.29, 1.82) is 0 Å². The molecule has 3 rings (SSSR count). The van der Waals surface area contributed by atoms with Crippen molar-refractivity contribution < 1.29 is 4.74 Å². The van der Waals surface area contributed by atoms with Crippen LogP contribution in [-0.4, -0.2) is 31.2 Å². The van der Waals surface area contributed by atoms with Crippen molar-refractivity contribution in [3.05, 3.63) is 30.5 Å². The zero-order valence-electron chi connectivity index (χ0n) is 9.73. The number of nitrogens with one attached hydrogen (secondary N) is 2. The lowest BCUT2D eigenvalue weighted by Gasteiger charge is -2.29. The summed E-state index contributed by atoms with van der Waals surface area (Å²) in [7, 11) is 1.66. The summed E-state index contributed by atoms with van der Waals surface area (Å²) >= 11 is 0. The first-order valence-corrected chi connectivity index (χ1v) is 5.77. The van der Waals surface area contributed by atoms with Gasteiger partial charge in [-0.1, -0.05) is 6.07 Å². The highest BCUT2D eigenvalue weighted by Crippen LogP contribution is 2.26. The molecule has 1 aliphatic heterocycles. The Morgan fingerprint density at radius 1 is 1.41 bits per heavy atom. The average molecular weight is 229 g/mol. The van der Waals surface area contributed by atoms with Crippen molar-refractivity contribution in [3.8, 4) is 5.75 Å². The summed E-state index contributed by atoms with van der Waals surface area (Å²) in [5.74, 6) is 0.790. The molecule has 4 heteroatoms. The number of aromatic nitrogens is 1. The number of ether oxygens (including phenoxy) is 1. The Labute approximate surface area is 100.0 Å². The number of benzene rings is 1. The first kappa shape index (κ1) is 10.4. The lowest BCUT2D eigenvalue weighted by molar-refractivity contribution is 0.414. The summed E-state index contributed by atoms with van der Waals surface area (Å²) < 4.78 is 5.22. The molecule has 0 amide bonds. The van der Waals surface area contributed by atoms with Crippen LogP contribution in [0.25, 0.3) is 10.9 Å². The summed E-state index contributed by atoms with van der Waals surface area (Å²) in [5.41, 5.74) is 2.11. The van der Waals surface area contributed by atoms with Gasteiger partial charge < -0.3 is 15.4 Å². The third kappa shape index (κ3) is 1.91. The predicted octanol–water partition coefficient (Wildman–Crippen LogP) is 1.63. The minimum absolute atomic E-state index is 0.520. The highest BCUT2D eigenvalue weighted by atomic mass is 16.5. The molecule has 2 N–H and O–H groups in total. The second-order valence-electron chi connectivity index (χ2n) is 4.25. The quantitative estimate of drug-likeness (QED) is 0.839. The highest BCUT2D eigenvalue weighted by Gasteiger charge is 2.17. The fraction of sp³-hybridized carbons (Fsp3) is 0.308. The van der Waals surface area contributed by atoms with Crippen molar-refractivity contribution in [2.45, 2.75) is 6.04 Å². The summed E-state index contributed by atoms with van der Waals surface area (Å²) in [6.45, 7) is 2.04. The molecule has 0 atom stereocenters. The molecule has 2 heterocycles. The Hall–Kier alpha value is -1.81. The van der Waals surface area contributed by atoms with Gasteiger partial charge in [0.2, 0.25) is 0 Å². The zero-order valence-corrected chi connectivity index (χ0v) is 9.73. The van der Waals surface area contributed by atoms with Crippen molar-refractivity contribution in [1.82, 2.24) is 10.3 Å². The lowest BCUT2D eigenvalue weighted by atomic mass is 10.1. The van der Waals surface area contributed by atoms with Crippen LogP contribution in [0, 0.1) is 0 Å². The Morgan fingerprint density at radius 2 is 2.29 bits per heavy atom. The van der Waals surface area contributed by atoms with E-state index in [4.69, 9.17) is 4.74 Å². The Bertz CT molecular complexity index is 537. The van der Waals surface area contributed by atoms with Crippen LogP contribution in [0.1, 0.15) is 0 Å². The molecule has 0 bridgehead atoms. The van der Waals surface area contributed by atoms with Crippen LogP contribution in [0.4, 0.5) is 5.69 Å². The maximum Gasteiger partial charge on any atom is 0.137 e. The van der Waals surface area contributed by atoms with Gasteiger partial charge in [-0.05, 0) is 18.2 Å². The van der Waals surface area contributed by atoms with E-state index in [2.05, 4.69) is 21.7 Å². The predicted molar refractivity (Wildman–Crippen MR) is 68.6 cm³/mol. The van der Waals surface area contributed by atoms with Gasteiger partial charge in [0.05, 0.1) is 24.9 Å². The molecule has 1 aliphatic rings. The number of methoxy groups -OCH3 is 1. The number of nitrogens with zero attached hydrogens (tertiary/aromatic N) is 1. The van der Waals surface area contributed by atoms with E-state index in [9.17, 15) is 0 Å². The molecule has 1 aromatic heterocycles. The third-order valence-electron chi connectivity index (χ3n) is 3.08. The first-order chi connectivity index (χ1) is 8.36. The van der Waals surface area contributed by atoms with Crippen LogP contribution >= 0.6 is 0 Å². The van der Waals surface area contributed by atoms with E-state index in [-0.39, 0.29) is 0 Å². The number of fused-ring (bicyclic) bond motifs is 1. The topological polar surface area (TPSA) is 46.2 Å². The lowest BCUT2D eigenvalue weighted by Crippen LogP contribution is -2.51. The van der Waals surface area contributed by atoms with Crippen molar-refractivity contribution in [3.63, 3.8) is 0 Å². The smallest absolute Gasteiger partial charge is 0.137 e. The molecule has 0 unspecified atom stereocenters. The molecule has 0 saturated carbocycles. The van der Waals surface area contributed by atoms with Gasteiger partial charge in [-0.3, -0.25) is 4.98 Å². The van der Waals surface area contributed by atoms with E-state index >= 15 is 0 Å². The number of hydrogen-bond acceptors (Lipinski definition) is 4. The molecule has 17 heavy (non-hydrogen) atoms. The molecule has 2 aromatic rings. The van der Waals surface area contributed by atoms with E-state index in [1.807, 2.05) is 18.2 Å². The van der Waals surface area contributed by atoms with Crippen molar-refractivity contribution >= 4 is 16.6 Å². The van der Waals surface area contributed by atoms with Gasteiger partial charge in [0.1, 0.15) is 5.75 Å². The Morgan fingerprint density at radius 3 is 3.00 bits per heavy atom. The fourth-order valence-electron chi connectivity index (χ4n) is 1.98. The second kappa shape index (κ2) is 4.22. The van der Waals surface area contributed by atoms with E-state index in [0.29, 0.717) is 6.04 Å². The van der Waals surface area contributed by atoms with E-state index in [0.717, 1.165) is 35.4 Å². The molecule has 0 aliphatic carbocycles. The molecular weight excluding hydrogens is 214 g/mol. The SMILES string of the molecule is COc1cnc2cccc(NC3CNC3)c2c1. The molecule has 4 nitrogen and oxygen atoms in total. The highest BCUT2D eigenvalue weighted by molar-refractivity contribution is 5.92. The van der Waals surface area contributed by atoms with Gasteiger partial charge in [-0.15, -0.1) is 0 Å². The van der Waals surface area contributed by atoms with Gasteiger partial charge >= 0.3 is 0 Å². The summed E-state index contributed by atoms with van der Waals surface area (Å²) in [5, 5.41) is 7.87. The first-order valence-electron chi connectivity index (χ1n) is 5.77. The van der Waals surface area contributed by atoms with Gasteiger partial charge in [0.15, 0.2) is 0 Å². The molecule has 0 spiro atoms. The monoisotopic (exact) mass is 229 g/mol. The number of anilines is 1. The fourth-order valence-corrected chi connectivity index (χ4v) is 1.98. The van der Waals surface area contributed by atoms with Gasteiger partial charge in [0.25, 0.3) is 0 Å². The Balaban J connectivity index is 2.02. The minimum atomic E-state index is 0.520. The molecule has 1 fully saturated rings. The number of hydrogen-bond donors (Lipinski definition) is 2. The Kier molecular flexibility index (Phi) is 2.57. The average Bonchev–Trinajstić information content (AvgIpc) is 2.33. The van der Waals surface area contributed by atoms with Crippen LogP contribution in [0.15, 0.2) is 30.5 Å². The molecule has 0 radical (unpaired) electrons. The van der Waals surface area contributed by atoms with Crippen LogP contribution in [0.2, 0.25) is 0 Å². The summed E-state index contributed by atoms with van der Waals surface area (Å²) in [6, 6.07) is 8.67. The maximum absolute atomic E-state index is 5.22. The van der Waals surface area contributed by atoms with Crippen molar-refractivity contribution in [2.75, 3.05) is 25.5 Å². The molecule has 1 aromatic carbocycles. The maximum atomic E-state index is 5.22. The van der Waals surface area contributed by atoms with Crippen LogP contribution in [0.5, 0.6) is 5.75 Å².